The fourth-order valence-corrected chi connectivity index (χ4v) is 3.41. The van der Waals surface area contributed by atoms with Gasteiger partial charge in [0.2, 0.25) is 0 Å². The quantitative estimate of drug-likeness (QED) is 0.468. The average Bonchev–Trinajstić information content (AvgIpc) is 3.25. The number of rotatable bonds is 5. The fraction of sp³-hybridized carbons (Fsp3) is 0.389. The Balaban J connectivity index is 1.67. The topological polar surface area (TPSA) is 149 Å². The molecule has 1 fully saturated rings. The second kappa shape index (κ2) is 8.05. The van der Waals surface area contributed by atoms with Crippen LogP contribution in [-0.4, -0.2) is 60.9 Å². The highest BCUT2D eigenvalue weighted by atomic mass is 19.4. The Morgan fingerprint density at radius 3 is 2.56 bits per heavy atom. The second-order valence-electron chi connectivity index (χ2n) is 6.99. The van der Waals surface area contributed by atoms with E-state index < -0.39 is 61.1 Å². The van der Waals surface area contributed by atoms with Gasteiger partial charge in [-0.25, -0.2) is 4.79 Å². The van der Waals surface area contributed by atoms with Crippen molar-refractivity contribution in [1.82, 2.24) is 14.3 Å². The molecule has 1 saturated heterocycles. The highest BCUT2D eigenvalue weighted by Gasteiger charge is 2.44. The van der Waals surface area contributed by atoms with Crippen LogP contribution >= 0.6 is 0 Å². The van der Waals surface area contributed by atoms with Gasteiger partial charge in [-0.05, 0) is 12.1 Å². The third-order valence-electron chi connectivity index (χ3n) is 4.95. The van der Waals surface area contributed by atoms with Gasteiger partial charge >= 0.3 is 12.1 Å². The standard InChI is InChI=1S/C18H16F3N3O8/c19-18(20,21)31-8-1-2-9-10(22-32-11(9)5-8)6-24-13(26)3-4-23(17(24)29)16-15(28)14(27)12(7-25)30-16/h1-5,12,14-16,25,27-28H,6-7H2/t12-,14-,15-,16-/m1/s1. The van der Waals surface area contributed by atoms with Crippen molar-refractivity contribution >= 4 is 11.0 Å². The average molecular weight is 459 g/mol. The molecular weight excluding hydrogens is 443 g/mol. The van der Waals surface area contributed by atoms with E-state index in [2.05, 4.69) is 9.89 Å². The second-order valence-corrected chi connectivity index (χ2v) is 6.99. The van der Waals surface area contributed by atoms with Gasteiger partial charge in [0, 0.05) is 23.7 Å². The maximum Gasteiger partial charge on any atom is 0.573 e. The normalized spacial score (nSPS) is 23.7. The molecule has 1 aromatic carbocycles. The number of aromatic nitrogens is 3. The zero-order valence-corrected chi connectivity index (χ0v) is 16.0. The van der Waals surface area contributed by atoms with Gasteiger partial charge in [0.1, 0.15) is 29.8 Å². The van der Waals surface area contributed by atoms with Crippen LogP contribution in [0.15, 0.2) is 44.6 Å². The van der Waals surface area contributed by atoms with Crippen molar-refractivity contribution in [3.8, 4) is 5.75 Å². The molecule has 1 aliphatic heterocycles. The number of halogens is 3. The summed E-state index contributed by atoms with van der Waals surface area (Å²) >= 11 is 0. The van der Waals surface area contributed by atoms with Crippen LogP contribution in [0.2, 0.25) is 0 Å². The van der Waals surface area contributed by atoms with Gasteiger partial charge in [0.25, 0.3) is 5.56 Å². The van der Waals surface area contributed by atoms with Gasteiger partial charge in [0.05, 0.1) is 13.2 Å². The van der Waals surface area contributed by atoms with Crippen molar-refractivity contribution < 1.29 is 42.5 Å². The van der Waals surface area contributed by atoms with E-state index in [1.807, 2.05) is 0 Å². The molecule has 4 rings (SSSR count). The Morgan fingerprint density at radius 2 is 1.91 bits per heavy atom. The molecule has 3 aromatic rings. The van der Waals surface area contributed by atoms with Crippen molar-refractivity contribution in [2.45, 2.75) is 37.4 Å². The molecule has 4 atom stereocenters. The van der Waals surface area contributed by atoms with Gasteiger partial charge in [-0.2, -0.15) is 0 Å². The summed E-state index contributed by atoms with van der Waals surface area (Å²) in [5.41, 5.74) is -1.63. The van der Waals surface area contributed by atoms with Crippen molar-refractivity contribution in [2.24, 2.45) is 0 Å². The molecule has 0 bridgehead atoms. The molecule has 0 amide bonds. The number of hydrogen-bond donors (Lipinski definition) is 3. The molecule has 0 aliphatic carbocycles. The molecule has 3 heterocycles. The lowest BCUT2D eigenvalue weighted by Crippen LogP contribution is -2.43. The molecule has 0 spiro atoms. The number of aliphatic hydroxyl groups excluding tert-OH is 3. The maximum absolute atomic E-state index is 12.9. The third kappa shape index (κ3) is 4.00. The maximum atomic E-state index is 12.9. The molecule has 0 radical (unpaired) electrons. The minimum Gasteiger partial charge on any atom is -0.406 e. The van der Waals surface area contributed by atoms with E-state index in [0.29, 0.717) is 0 Å². The predicted octanol–water partition coefficient (Wildman–Crippen LogP) is -0.290. The fourth-order valence-electron chi connectivity index (χ4n) is 3.41. The van der Waals surface area contributed by atoms with Crippen LogP contribution in [0.5, 0.6) is 5.75 Å². The number of fused-ring (bicyclic) bond motifs is 1. The molecule has 32 heavy (non-hydrogen) atoms. The number of alkyl halides is 3. The monoisotopic (exact) mass is 459 g/mol. The molecule has 3 N–H and O–H groups in total. The van der Waals surface area contributed by atoms with Crippen molar-refractivity contribution in [3.63, 3.8) is 0 Å². The highest BCUT2D eigenvalue weighted by Crippen LogP contribution is 2.29. The zero-order valence-electron chi connectivity index (χ0n) is 16.0. The van der Waals surface area contributed by atoms with E-state index in [9.17, 15) is 38.1 Å². The van der Waals surface area contributed by atoms with Crippen LogP contribution in [0.25, 0.3) is 11.0 Å². The summed E-state index contributed by atoms with van der Waals surface area (Å²) in [5, 5.41) is 33.2. The van der Waals surface area contributed by atoms with Gasteiger partial charge in [-0.15, -0.1) is 13.2 Å². The van der Waals surface area contributed by atoms with E-state index in [4.69, 9.17) is 9.26 Å². The summed E-state index contributed by atoms with van der Waals surface area (Å²) in [7, 11) is 0. The first kappa shape index (κ1) is 22.0. The van der Waals surface area contributed by atoms with Crippen LogP contribution in [0.3, 0.4) is 0 Å². The van der Waals surface area contributed by atoms with Crippen LogP contribution < -0.4 is 16.0 Å². The molecule has 2 aromatic heterocycles. The van der Waals surface area contributed by atoms with Crippen LogP contribution in [0.4, 0.5) is 13.2 Å². The minimum absolute atomic E-state index is 0.0606. The first-order valence-electron chi connectivity index (χ1n) is 9.17. The lowest BCUT2D eigenvalue weighted by Gasteiger charge is -2.18. The largest absolute Gasteiger partial charge is 0.573 e. The third-order valence-corrected chi connectivity index (χ3v) is 4.95. The van der Waals surface area contributed by atoms with E-state index in [1.54, 1.807) is 0 Å². The van der Waals surface area contributed by atoms with Crippen molar-refractivity contribution in [3.05, 3.63) is 57.0 Å². The smallest absolute Gasteiger partial charge is 0.406 e. The van der Waals surface area contributed by atoms with Crippen LogP contribution in [0, 0.1) is 0 Å². The molecule has 1 aliphatic rings. The number of benzene rings is 1. The molecular formula is C18H16F3N3O8. The molecule has 14 heteroatoms. The van der Waals surface area contributed by atoms with Gasteiger partial charge in [-0.1, -0.05) is 5.16 Å². The Morgan fingerprint density at radius 1 is 1.16 bits per heavy atom. The molecule has 0 unspecified atom stereocenters. The number of ether oxygens (including phenoxy) is 2. The van der Waals surface area contributed by atoms with Gasteiger partial charge < -0.3 is 29.3 Å². The lowest BCUT2D eigenvalue weighted by molar-refractivity contribution is -0.274. The number of nitrogens with zero attached hydrogens (tertiary/aromatic N) is 3. The van der Waals surface area contributed by atoms with Crippen LogP contribution in [-0.2, 0) is 11.3 Å². The lowest BCUT2D eigenvalue weighted by atomic mass is 10.1. The number of aliphatic hydroxyl groups is 3. The first-order valence-corrected chi connectivity index (χ1v) is 9.17. The van der Waals surface area contributed by atoms with E-state index in [-0.39, 0.29) is 16.7 Å². The van der Waals surface area contributed by atoms with Gasteiger partial charge in [-0.3, -0.25) is 13.9 Å². The molecule has 0 saturated carbocycles. The Labute approximate surface area is 175 Å². The summed E-state index contributed by atoms with van der Waals surface area (Å²) in [6, 6.07) is 4.25. The zero-order chi connectivity index (χ0) is 23.2. The summed E-state index contributed by atoms with van der Waals surface area (Å²) in [6.07, 6.45) is -9.31. The van der Waals surface area contributed by atoms with Crippen molar-refractivity contribution in [1.29, 1.82) is 0 Å². The van der Waals surface area contributed by atoms with E-state index in [0.717, 1.165) is 33.5 Å². The highest BCUT2D eigenvalue weighted by molar-refractivity contribution is 5.80. The summed E-state index contributed by atoms with van der Waals surface area (Å²) in [4.78, 5) is 25.2. The minimum atomic E-state index is -4.89. The van der Waals surface area contributed by atoms with Crippen LogP contribution in [0.1, 0.15) is 11.9 Å². The number of hydrogen-bond acceptors (Lipinski definition) is 9. The molecule has 11 nitrogen and oxygen atoms in total. The van der Waals surface area contributed by atoms with Gasteiger partial charge in [0.15, 0.2) is 11.8 Å². The van der Waals surface area contributed by atoms with Crippen molar-refractivity contribution in [2.75, 3.05) is 6.61 Å². The first-order chi connectivity index (χ1) is 15.1. The van der Waals surface area contributed by atoms with E-state index in [1.165, 1.54) is 6.07 Å². The SMILES string of the molecule is O=c1ccn([C@@H]2O[C@H](CO)[C@@H](O)[C@H]2O)c(=O)n1Cc1noc2cc(OC(F)(F)F)ccc12. The Hall–Kier alpha value is -3.20. The Bertz CT molecular complexity index is 1250. The Kier molecular flexibility index (Phi) is 5.54. The summed E-state index contributed by atoms with van der Waals surface area (Å²) in [6.45, 7) is -1.01. The molecule has 172 valence electrons. The predicted molar refractivity (Wildman–Crippen MR) is 97.8 cm³/mol. The van der Waals surface area contributed by atoms with E-state index >= 15 is 0 Å². The summed E-state index contributed by atoms with van der Waals surface area (Å²) < 4.78 is 52.9. The summed E-state index contributed by atoms with van der Waals surface area (Å²) in [5.74, 6) is -0.531.